The Morgan fingerprint density at radius 2 is 1.71 bits per heavy atom. The van der Waals surface area contributed by atoms with Gasteiger partial charge in [-0.3, -0.25) is 0 Å². The van der Waals surface area contributed by atoms with Crippen molar-refractivity contribution in [2.24, 2.45) is 0 Å². The molecule has 0 spiro atoms. The third-order valence-corrected chi connectivity index (χ3v) is 3.50. The molecule has 0 aliphatic heterocycles. The summed E-state index contributed by atoms with van der Waals surface area (Å²) in [6, 6.07) is 7.50. The fraction of sp³-hybridized carbons (Fsp3) is 0.500. The minimum absolute atomic E-state index is 0.373. The van der Waals surface area contributed by atoms with E-state index in [0.29, 0.717) is 19.4 Å². The molecule has 3 N–H and O–H groups in total. The van der Waals surface area contributed by atoms with Gasteiger partial charge in [-0.05, 0) is 30.9 Å². The maximum Gasteiger partial charge on any atom is 0.329 e. The Morgan fingerprint density at radius 3 is 2.19 bits per heavy atom. The maximum absolute atomic E-state index is 11.8. The van der Waals surface area contributed by atoms with Crippen molar-refractivity contribution in [1.82, 2.24) is 10.6 Å². The second-order valence-electron chi connectivity index (χ2n) is 5.36. The Bertz CT molecular complexity index is 485. The molecule has 1 aromatic carbocycles. The average molecular weight is 292 g/mol. The molecule has 2 amide bonds. The average Bonchev–Trinajstić information content (AvgIpc) is 2.45. The van der Waals surface area contributed by atoms with Gasteiger partial charge in [0.05, 0.1) is 0 Å². The number of hydrogen-bond acceptors (Lipinski definition) is 2. The van der Waals surface area contributed by atoms with E-state index in [-0.39, 0.29) is 0 Å². The highest BCUT2D eigenvalue weighted by atomic mass is 16.4. The van der Waals surface area contributed by atoms with Gasteiger partial charge in [0, 0.05) is 6.54 Å². The highest BCUT2D eigenvalue weighted by molar-refractivity contribution is 5.85. The normalized spacial score (nSPS) is 13.3. The van der Waals surface area contributed by atoms with Crippen molar-refractivity contribution in [1.29, 1.82) is 0 Å². The molecule has 0 bridgehead atoms. The van der Waals surface area contributed by atoms with E-state index in [9.17, 15) is 14.7 Å². The fourth-order valence-electron chi connectivity index (χ4n) is 2.09. The first kappa shape index (κ1) is 17.0. The van der Waals surface area contributed by atoms with Crippen molar-refractivity contribution in [3.8, 4) is 0 Å². The van der Waals surface area contributed by atoms with E-state index in [2.05, 4.69) is 17.6 Å². The summed E-state index contributed by atoms with van der Waals surface area (Å²) in [5.41, 5.74) is 0.990. The molecule has 5 nitrogen and oxygen atoms in total. The van der Waals surface area contributed by atoms with Gasteiger partial charge in [-0.25, -0.2) is 9.59 Å². The number of carboxylic acids is 1. The molecular formula is C16H24N2O3. The number of urea groups is 1. The predicted octanol–water partition coefficient (Wildman–Crippen LogP) is 2.69. The van der Waals surface area contributed by atoms with Crippen LogP contribution < -0.4 is 10.6 Å². The molecule has 0 radical (unpaired) electrons. The molecule has 0 saturated heterocycles. The van der Waals surface area contributed by atoms with Crippen LogP contribution in [0.4, 0.5) is 4.79 Å². The van der Waals surface area contributed by atoms with Crippen LogP contribution in [0, 0.1) is 0 Å². The maximum atomic E-state index is 11.8. The topological polar surface area (TPSA) is 78.4 Å². The monoisotopic (exact) mass is 292 g/mol. The molecule has 0 fully saturated rings. The fourth-order valence-corrected chi connectivity index (χ4v) is 2.09. The summed E-state index contributed by atoms with van der Waals surface area (Å²) in [7, 11) is 0. The van der Waals surface area contributed by atoms with Crippen LogP contribution in [0.5, 0.6) is 0 Å². The van der Waals surface area contributed by atoms with Gasteiger partial charge in [0.15, 0.2) is 0 Å². The first-order valence-corrected chi connectivity index (χ1v) is 7.28. The molecule has 0 aliphatic rings. The van der Waals surface area contributed by atoms with E-state index in [1.165, 1.54) is 12.5 Å². The third-order valence-electron chi connectivity index (χ3n) is 3.50. The van der Waals surface area contributed by atoms with Crippen LogP contribution in [0.25, 0.3) is 0 Å². The van der Waals surface area contributed by atoms with Gasteiger partial charge in [-0.15, -0.1) is 0 Å². The summed E-state index contributed by atoms with van der Waals surface area (Å²) >= 11 is 0. The largest absolute Gasteiger partial charge is 0.480 e. The van der Waals surface area contributed by atoms with Crippen LogP contribution in [-0.4, -0.2) is 22.6 Å². The van der Waals surface area contributed by atoms with Crippen LogP contribution in [0.15, 0.2) is 24.3 Å². The van der Waals surface area contributed by atoms with Gasteiger partial charge in [-0.1, -0.05) is 44.5 Å². The minimum atomic E-state index is -1.23. The molecule has 0 aliphatic carbocycles. The summed E-state index contributed by atoms with van der Waals surface area (Å²) in [5.74, 6) is -1.02. The van der Waals surface area contributed by atoms with Crippen LogP contribution in [0.1, 0.15) is 44.7 Å². The summed E-state index contributed by atoms with van der Waals surface area (Å²) < 4.78 is 0. The Hall–Kier alpha value is -2.04. The van der Waals surface area contributed by atoms with Crippen LogP contribution >= 0.6 is 0 Å². The smallest absolute Gasteiger partial charge is 0.329 e. The number of aliphatic carboxylic acids is 1. The van der Waals surface area contributed by atoms with E-state index in [1.807, 2.05) is 31.2 Å². The molecule has 1 unspecified atom stereocenters. The molecule has 116 valence electrons. The number of aryl methyl sites for hydroxylation is 1. The van der Waals surface area contributed by atoms with Gasteiger partial charge < -0.3 is 15.7 Å². The van der Waals surface area contributed by atoms with Gasteiger partial charge in [0.2, 0.25) is 0 Å². The quantitative estimate of drug-likeness (QED) is 0.723. The van der Waals surface area contributed by atoms with Crippen molar-refractivity contribution in [2.45, 2.75) is 52.1 Å². The number of hydrogen-bond donors (Lipinski definition) is 3. The van der Waals surface area contributed by atoms with E-state index < -0.39 is 17.5 Å². The molecule has 0 heterocycles. The summed E-state index contributed by atoms with van der Waals surface area (Å²) in [6.45, 7) is 5.86. The number of nitrogens with one attached hydrogen (secondary N) is 2. The second-order valence-corrected chi connectivity index (χ2v) is 5.36. The minimum Gasteiger partial charge on any atom is -0.480 e. The van der Waals surface area contributed by atoms with Crippen LogP contribution in [0.3, 0.4) is 0 Å². The molecule has 21 heavy (non-hydrogen) atoms. The number of benzene rings is 1. The van der Waals surface area contributed by atoms with Crippen molar-refractivity contribution >= 4 is 12.0 Å². The van der Waals surface area contributed by atoms with Crippen LogP contribution in [-0.2, 0) is 17.8 Å². The molecular weight excluding hydrogens is 268 g/mol. The van der Waals surface area contributed by atoms with Gasteiger partial charge >= 0.3 is 12.0 Å². The number of carboxylic acid groups (broad SMARTS) is 1. The lowest BCUT2D eigenvalue weighted by Crippen LogP contribution is -2.55. The predicted molar refractivity (Wildman–Crippen MR) is 82.1 cm³/mol. The molecule has 1 atom stereocenters. The zero-order valence-corrected chi connectivity index (χ0v) is 12.9. The number of carbonyl (C=O) groups is 2. The first-order valence-electron chi connectivity index (χ1n) is 7.28. The number of carbonyl (C=O) groups excluding carboxylic acids is 1. The van der Waals surface area contributed by atoms with Crippen molar-refractivity contribution in [3.05, 3.63) is 35.4 Å². The molecule has 5 heteroatoms. The van der Waals surface area contributed by atoms with E-state index in [1.54, 1.807) is 0 Å². The SMILES string of the molecule is CCCC(C)(NC(=O)NCc1ccc(CC)cc1)C(=O)O. The van der Waals surface area contributed by atoms with Gasteiger partial charge in [-0.2, -0.15) is 0 Å². The number of rotatable bonds is 7. The highest BCUT2D eigenvalue weighted by Gasteiger charge is 2.33. The molecule has 1 aromatic rings. The third kappa shape index (κ3) is 5.10. The zero-order valence-electron chi connectivity index (χ0n) is 12.9. The molecule has 1 rings (SSSR count). The highest BCUT2D eigenvalue weighted by Crippen LogP contribution is 2.12. The lowest BCUT2D eigenvalue weighted by atomic mass is 9.97. The standard InChI is InChI=1S/C16H24N2O3/c1-4-10-16(3,14(19)20)18-15(21)17-11-13-8-6-12(5-2)7-9-13/h6-9H,4-5,10-11H2,1-3H3,(H,19,20)(H2,17,18,21). The Labute approximate surface area is 125 Å². The molecule has 0 aromatic heterocycles. The second kappa shape index (κ2) is 7.67. The van der Waals surface area contributed by atoms with Gasteiger partial charge in [0.1, 0.15) is 5.54 Å². The molecule has 0 saturated carbocycles. The summed E-state index contributed by atoms with van der Waals surface area (Å²) in [6.07, 6.45) is 2.05. The van der Waals surface area contributed by atoms with Crippen LogP contribution in [0.2, 0.25) is 0 Å². The Kier molecular flexibility index (Phi) is 6.21. The lowest BCUT2D eigenvalue weighted by molar-refractivity contribution is -0.144. The Balaban J connectivity index is 2.54. The summed E-state index contributed by atoms with van der Waals surface area (Å²) in [4.78, 5) is 23.1. The van der Waals surface area contributed by atoms with Crippen molar-refractivity contribution in [3.63, 3.8) is 0 Å². The summed E-state index contributed by atoms with van der Waals surface area (Å²) in [5, 5.41) is 14.4. The van der Waals surface area contributed by atoms with Gasteiger partial charge in [0.25, 0.3) is 0 Å². The van der Waals surface area contributed by atoms with Crippen molar-refractivity contribution < 1.29 is 14.7 Å². The lowest BCUT2D eigenvalue weighted by Gasteiger charge is -2.25. The zero-order chi connectivity index (χ0) is 15.9. The van der Waals surface area contributed by atoms with E-state index >= 15 is 0 Å². The first-order chi connectivity index (χ1) is 9.91. The number of amides is 2. The van der Waals surface area contributed by atoms with Crippen molar-refractivity contribution in [2.75, 3.05) is 0 Å². The van der Waals surface area contributed by atoms with E-state index in [0.717, 1.165) is 12.0 Å². The Morgan fingerprint density at radius 1 is 1.14 bits per heavy atom. The van der Waals surface area contributed by atoms with E-state index in [4.69, 9.17) is 0 Å².